The van der Waals surface area contributed by atoms with Crippen LogP contribution >= 0.6 is 0 Å². The minimum Gasteiger partial charge on any atom is -0.490 e. The molecule has 13 nitrogen and oxygen atoms in total. The average Bonchev–Trinajstić information content (AvgIpc) is 3.49. The third-order valence-electron chi connectivity index (χ3n) is 8.43. The quantitative estimate of drug-likeness (QED) is 0.339. The molecule has 2 heterocycles. The SMILES string of the molecule is Cc1ccc(S(=O)(=O)N(C)C[C@@H]2OCCCC[C@H](C)Oc3ccc(NS(=O)(=O)c4cn(C)cn4)cc3C(=O)N([C@H](C)CO)C[C@H]2C)cc1. The highest BCUT2D eigenvalue weighted by Gasteiger charge is 2.32. The van der Waals surface area contributed by atoms with Gasteiger partial charge in [-0.1, -0.05) is 24.6 Å². The Labute approximate surface area is 284 Å². The number of aliphatic hydroxyl groups excluding tert-OH is 1. The molecule has 0 saturated heterocycles. The molecule has 0 bridgehead atoms. The van der Waals surface area contributed by atoms with Crippen LogP contribution in [0.4, 0.5) is 5.69 Å². The van der Waals surface area contributed by atoms with Gasteiger partial charge in [-0.25, -0.2) is 13.4 Å². The molecule has 0 unspecified atom stereocenters. The van der Waals surface area contributed by atoms with Gasteiger partial charge in [0.15, 0.2) is 5.03 Å². The fourth-order valence-electron chi connectivity index (χ4n) is 5.43. The number of aryl methyl sites for hydroxylation is 2. The molecule has 3 aromatic rings. The average molecular weight is 706 g/mol. The number of ether oxygens (including phenoxy) is 2. The lowest BCUT2D eigenvalue weighted by Gasteiger charge is -2.35. The fraction of sp³-hybridized carbons (Fsp3) is 0.515. The first-order valence-corrected chi connectivity index (χ1v) is 18.9. The molecular formula is C33H47N5O8S2. The van der Waals surface area contributed by atoms with Crippen molar-refractivity contribution in [2.75, 3.05) is 38.1 Å². The van der Waals surface area contributed by atoms with Crippen molar-refractivity contribution in [1.82, 2.24) is 18.8 Å². The van der Waals surface area contributed by atoms with Gasteiger partial charge in [-0.3, -0.25) is 9.52 Å². The molecule has 264 valence electrons. The third kappa shape index (κ3) is 9.14. The predicted molar refractivity (Wildman–Crippen MR) is 182 cm³/mol. The van der Waals surface area contributed by atoms with Crippen molar-refractivity contribution < 1.29 is 36.2 Å². The predicted octanol–water partition coefficient (Wildman–Crippen LogP) is 3.65. The smallest absolute Gasteiger partial charge is 0.280 e. The van der Waals surface area contributed by atoms with Crippen molar-refractivity contribution in [3.8, 4) is 5.75 Å². The molecule has 15 heteroatoms. The zero-order valence-electron chi connectivity index (χ0n) is 28.4. The number of amides is 1. The second-order valence-electron chi connectivity index (χ2n) is 12.6. The van der Waals surface area contributed by atoms with Crippen LogP contribution in [0.3, 0.4) is 0 Å². The van der Waals surface area contributed by atoms with E-state index in [1.165, 1.54) is 45.5 Å². The Hall–Kier alpha value is -3.50. The minimum absolute atomic E-state index is 0.0441. The van der Waals surface area contributed by atoms with E-state index in [2.05, 4.69) is 9.71 Å². The van der Waals surface area contributed by atoms with Crippen molar-refractivity contribution in [3.63, 3.8) is 0 Å². The second-order valence-corrected chi connectivity index (χ2v) is 16.3. The van der Waals surface area contributed by atoms with Gasteiger partial charge in [-0.2, -0.15) is 12.7 Å². The number of hydrogen-bond acceptors (Lipinski definition) is 9. The molecule has 2 aromatic carbocycles. The molecule has 4 atom stereocenters. The topological polar surface area (TPSA) is 160 Å². The molecule has 0 radical (unpaired) electrons. The van der Waals surface area contributed by atoms with Crippen LogP contribution in [-0.4, -0.2) is 98.2 Å². The number of nitrogens with one attached hydrogen (secondary N) is 1. The largest absolute Gasteiger partial charge is 0.490 e. The van der Waals surface area contributed by atoms with Crippen molar-refractivity contribution in [2.45, 2.75) is 75.1 Å². The zero-order valence-corrected chi connectivity index (χ0v) is 30.0. The Bertz CT molecular complexity index is 1760. The number of imidazole rings is 1. The summed E-state index contributed by atoms with van der Waals surface area (Å²) in [6, 6.07) is 10.5. The van der Waals surface area contributed by atoms with Crippen molar-refractivity contribution >= 4 is 31.6 Å². The maximum Gasteiger partial charge on any atom is 0.280 e. The first-order valence-electron chi connectivity index (χ1n) is 16.0. The summed E-state index contributed by atoms with van der Waals surface area (Å²) in [5.41, 5.74) is 1.20. The van der Waals surface area contributed by atoms with E-state index < -0.39 is 38.1 Å². The lowest BCUT2D eigenvalue weighted by molar-refractivity contribution is -0.00833. The Kier molecular flexibility index (Phi) is 12.3. The summed E-state index contributed by atoms with van der Waals surface area (Å²) < 4.78 is 70.8. The molecule has 1 amide bonds. The van der Waals surface area contributed by atoms with Gasteiger partial charge in [0.2, 0.25) is 10.0 Å². The van der Waals surface area contributed by atoms with Gasteiger partial charge in [0.1, 0.15) is 5.75 Å². The molecule has 1 aliphatic heterocycles. The molecular weight excluding hydrogens is 659 g/mol. The van der Waals surface area contributed by atoms with E-state index in [0.717, 1.165) is 12.0 Å². The minimum atomic E-state index is -4.05. The van der Waals surface area contributed by atoms with Gasteiger partial charge in [-0.15, -0.1) is 0 Å². The van der Waals surface area contributed by atoms with Crippen molar-refractivity contribution in [2.24, 2.45) is 13.0 Å². The number of sulfonamides is 2. The highest BCUT2D eigenvalue weighted by atomic mass is 32.2. The standard InChI is InChI=1S/C33H47N5O8S2/c1-23-10-13-28(14-11-23)48(43,44)37(6)19-31-24(2)18-38(25(3)21-39)33(40)29-17-27(35-47(41,42)32-20-36(5)22-34-32)12-15-30(29)46-26(4)9-7-8-16-45-31/h10-15,17,20,22,24-26,31,35,39H,7-9,16,18-19,21H2,1-6H3/t24-,25-,26+,31+/m1/s1. The normalized spacial score (nSPS) is 20.9. The number of hydrogen-bond donors (Lipinski definition) is 2. The van der Waals surface area contributed by atoms with Gasteiger partial charge in [0.25, 0.3) is 15.9 Å². The Balaban J connectivity index is 1.67. The lowest BCUT2D eigenvalue weighted by Crippen LogP contribution is -2.48. The Morgan fingerprint density at radius 2 is 1.81 bits per heavy atom. The highest BCUT2D eigenvalue weighted by Crippen LogP contribution is 2.29. The van der Waals surface area contributed by atoms with E-state index in [9.17, 15) is 26.7 Å². The summed E-state index contributed by atoms with van der Waals surface area (Å²) in [4.78, 5) is 19.9. The molecule has 2 N–H and O–H groups in total. The maximum atomic E-state index is 14.3. The number of aromatic nitrogens is 2. The number of carbonyl (C=O) groups is 1. The Morgan fingerprint density at radius 3 is 2.46 bits per heavy atom. The number of anilines is 1. The monoisotopic (exact) mass is 705 g/mol. The van der Waals surface area contributed by atoms with Crippen LogP contribution in [-0.2, 0) is 31.8 Å². The molecule has 0 spiro atoms. The van der Waals surface area contributed by atoms with Gasteiger partial charge in [0, 0.05) is 51.6 Å². The molecule has 1 aromatic heterocycles. The first-order chi connectivity index (χ1) is 22.6. The van der Waals surface area contributed by atoms with E-state index in [1.807, 2.05) is 20.8 Å². The lowest BCUT2D eigenvalue weighted by atomic mass is 10.0. The molecule has 48 heavy (non-hydrogen) atoms. The van der Waals surface area contributed by atoms with Gasteiger partial charge >= 0.3 is 0 Å². The number of carbonyl (C=O) groups excluding carboxylic acids is 1. The van der Waals surface area contributed by atoms with E-state index in [1.54, 1.807) is 44.3 Å². The van der Waals surface area contributed by atoms with E-state index in [4.69, 9.17) is 9.47 Å². The van der Waals surface area contributed by atoms with Crippen molar-refractivity contribution in [1.29, 1.82) is 0 Å². The fourth-order valence-corrected chi connectivity index (χ4v) is 7.64. The summed E-state index contributed by atoms with van der Waals surface area (Å²) in [6.07, 6.45) is 4.01. The summed E-state index contributed by atoms with van der Waals surface area (Å²) in [5, 5.41) is 10.0. The van der Waals surface area contributed by atoms with E-state index in [-0.39, 0.29) is 58.6 Å². The summed E-state index contributed by atoms with van der Waals surface area (Å²) in [7, 11) is -4.70. The van der Waals surface area contributed by atoms with Crippen LogP contribution in [0, 0.1) is 12.8 Å². The van der Waals surface area contributed by atoms with Crippen LogP contribution < -0.4 is 9.46 Å². The van der Waals surface area contributed by atoms with Crippen LogP contribution in [0.15, 0.2) is 64.9 Å². The molecule has 0 fully saturated rings. The van der Waals surface area contributed by atoms with Crippen LogP contribution in [0.1, 0.15) is 56.0 Å². The number of rotatable bonds is 9. The summed E-state index contributed by atoms with van der Waals surface area (Å²) >= 11 is 0. The summed E-state index contributed by atoms with van der Waals surface area (Å²) in [5.74, 6) is -0.568. The Morgan fingerprint density at radius 1 is 1.10 bits per heavy atom. The van der Waals surface area contributed by atoms with Crippen LogP contribution in [0.5, 0.6) is 5.75 Å². The second kappa shape index (κ2) is 15.8. The molecule has 0 saturated carbocycles. The van der Waals surface area contributed by atoms with E-state index in [0.29, 0.717) is 19.4 Å². The molecule has 0 aliphatic carbocycles. The van der Waals surface area contributed by atoms with E-state index >= 15 is 0 Å². The van der Waals surface area contributed by atoms with Gasteiger partial charge in [-0.05, 0) is 70.4 Å². The number of benzene rings is 2. The van der Waals surface area contributed by atoms with Crippen LogP contribution in [0.25, 0.3) is 0 Å². The number of nitrogens with zero attached hydrogens (tertiary/aromatic N) is 4. The number of aliphatic hydroxyl groups is 1. The van der Waals surface area contributed by atoms with Gasteiger partial charge in [0.05, 0.1) is 41.6 Å². The van der Waals surface area contributed by atoms with Crippen LogP contribution in [0.2, 0.25) is 0 Å². The number of likely N-dealkylation sites (N-methyl/N-ethyl adjacent to an activating group) is 1. The number of fused-ring (bicyclic) bond motifs is 1. The maximum absolute atomic E-state index is 14.3. The van der Waals surface area contributed by atoms with Crippen molar-refractivity contribution in [3.05, 3.63) is 66.1 Å². The molecule has 1 aliphatic rings. The highest BCUT2D eigenvalue weighted by molar-refractivity contribution is 7.92. The third-order valence-corrected chi connectivity index (χ3v) is 11.5. The first kappa shape index (κ1) is 37.3. The van der Waals surface area contributed by atoms with Gasteiger partial charge < -0.3 is 24.0 Å². The zero-order chi connectivity index (χ0) is 35.2. The molecule has 4 rings (SSSR count). The summed E-state index contributed by atoms with van der Waals surface area (Å²) in [6.45, 7) is 7.56.